The summed E-state index contributed by atoms with van der Waals surface area (Å²) in [4.78, 5) is 15.4. The number of nitrogens with zero attached hydrogens (tertiary/aromatic N) is 1. The number of rotatable bonds is 3. The molecule has 0 radical (unpaired) electrons. The maximum Gasteiger partial charge on any atom is 0.340 e. The van der Waals surface area contributed by atoms with E-state index in [1.54, 1.807) is 0 Å². The van der Waals surface area contributed by atoms with Gasteiger partial charge in [0.15, 0.2) is 5.11 Å². The van der Waals surface area contributed by atoms with Crippen LogP contribution in [0.15, 0.2) is 60.7 Å². The van der Waals surface area contributed by atoms with Crippen LogP contribution in [0.25, 0.3) is 10.4 Å². The lowest BCUT2D eigenvalue weighted by atomic mass is 10.1. The molecular weight excluding hydrogens is 388 g/mol. The summed E-state index contributed by atoms with van der Waals surface area (Å²) in [7, 11) is 1.39. The number of thiophene rings is 1. The monoisotopic (exact) mass is 408 g/mol. The summed E-state index contributed by atoms with van der Waals surface area (Å²) in [5.74, 6) is -0.376. The van der Waals surface area contributed by atoms with Gasteiger partial charge in [0.1, 0.15) is 5.00 Å². The molecule has 142 valence electrons. The lowest BCUT2D eigenvalue weighted by molar-refractivity contribution is 0.0602. The molecule has 4 nitrogen and oxygen atoms in total. The Labute approximate surface area is 173 Å². The fourth-order valence-electron chi connectivity index (χ4n) is 3.52. The van der Waals surface area contributed by atoms with Crippen molar-refractivity contribution >= 4 is 45.3 Å². The molecule has 1 aromatic heterocycles. The molecule has 0 amide bonds. The molecule has 2 aromatic carbocycles. The standard InChI is InChI=1S/C22H20N2O2S2/c1-14-12-16-10-6-7-11-18(16)24(14)22(27)23-20-17(21(25)26-2)13-19(28-20)15-8-4-3-5-9-15/h3-11,13-14H,12H2,1-2H3,(H,23,27). The summed E-state index contributed by atoms with van der Waals surface area (Å²) >= 11 is 7.23. The Kier molecular flexibility index (Phi) is 5.15. The number of hydrogen-bond acceptors (Lipinski definition) is 4. The maximum absolute atomic E-state index is 12.3. The van der Waals surface area contributed by atoms with E-state index in [0.717, 1.165) is 22.5 Å². The van der Waals surface area contributed by atoms with Gasteiger partial charge in [0, 0.05) is 16.6 Å². The first-order valence-electron chi connectivity index (χ1n) is 9.04. The zero-order chi connectivity index (χ0) is 19.7. The van der Waals surface area contributed by atoms with Crippen molar-refractivity contribution in [1.82, 2.24) is 0 Å². The van der Waals surface area contributed by atoms with Crippen LogP contribution < -0.4 is 10.2 Å². The second-order valence-corrected chi connectivity index (χ2v) is 8.13. The first-order chi connectivity index (χ1) is 13.6. The number of carbonyl (C=O) groups is 1. The molecule has 1 aliphatic rings. The smallest absolute Gasteiger partial charge is 0.340 e. The maximum atomic E-state index is 12.3. The van der Waals surface area contributed by atoms with E-state index in [9.17, 15) is 4.79 Å². The Bertz CT molecular complexity index is 1030. The van der Waals surface area contributed by atoms with E-state index in [4.69, 9.17) is 17.0 Å². The molecule has 0 aliphatic carbocycles. The van der Waals surface area contributed by atoms with E-state index in [0.29, 0.717) is 15.7 Å². The summed E-state index contributed by atoms with van der Waals surface area (Å²) in [5.41, 5.74) is 3.95. The Morgan fingerprint density at radius 2 is 1.89 bits per heavy atom. The summed E-state index contributed by atoms with van der Waals surface area (Å²) in [6, 6.07) is 20.4. The first-order valence-corrected chi connectivity index (χ1v) is 10.3. The van der Waals surface area contributed by atoms with Crippen molar-refractivity contribution in [3.63, 3.8) is 0 Å². The molecule has 0 fully saturated rings. The SMILES string of the molecule is COC(=O)c1cc(-c2ccccc2)sc1NC(=S)N1c2ccccc2CC1C. The fraction of sp³-hybridized carbons (Fsp3) is 0.182. The molecule has 1 unspecified atom stereocenters. The predicted molar refractivity (Wildman–Crippen MR) is 119 cm³/mol. The summed E-state index contributed by atoms with van der Waals surface area (Å²) in [6.45, 7) is 2.15. The van der Waals surface area contributed by atoms with Gasteiger partial charge in [0.25, 0.3) is 0 Å². The minimum Gasteiger partial charge on any atom is -0.465 e. The number of carbonyl (C=O) groups excluding carboxylic acids is 1. The van der Waals surface area contributed by atoms with E-state index in [2.05, 4.69) is 29.3 Å². The molecule has 2 heterocycles. The van der Waals surface area contributed by atoms with Crippen molar-refractivity contribution in [2.75, 3.05) is 17.3 Å². The molecule has 3 aromatic rings. The van der Waals surface area contributed by atoms with Crippen molar-refractivity contribution in [3.8, 4) is 10.4 Å². The molecule has 1 aliphatic heterocycles. The number of nitrogens with one attached hydrogen (secondary N) is 1. The van der Waals surface area contributed by atoms with Crippen molar-refractivity contribution in [2.24, 2.45) is 0 Å². The second kappa shape index (κ2) is 7.73. The average molecular weight is 409 g/mol. The molecule has 0 saturated carbocycles. The van der Waals surface area contributed by atoms with Gasteiger partial charge in [-0.15, -0.1) is 11.3 Å². The molecule has 0 saturated heterocycles. The molecule has 0 bridgehead atoms. The van der Waals surface area contributed by atoms with E-state index in [-0.39, 0.29) is 12.0 Å². The van der Waals surface area contributed by atoms with Crippen molar-refractivity contribution < 1.29 is 9.53 Å². The number of thiocarbonyl (C=S) groups is 1. The molecule has 1 atom stereocenters. The highest BCUT2D eigenvalue weighted by Crippen LogP contribution is 2.37. The Morgan fingerprint density at radius 3 is 2.64 bits per heavy atom. The zero-order valence-electron chi connectivity index (χ0n) is 15.6. The van der Waals surface area contributed by atoms with Crippen LogP contribution in [-0.4, -0.2) is 24.2 Å². The number of hydrogen-bond donors (Lipinski definition) is 1. The van der Waals surface area contributed by atoms with Gasteiger partial charge in [0.2, 0.25) is 0 Å². The number of para-hydroxylation sites is 1. The normalized spacial score (nSPS) is 15.2. The number of ether oxygens (including phenoxy) is 1. The van der Waals surface area contributed by atoms with Crippen LogP contribution in [0, 0.1) is 0 Å². The van der Waals surface area contributed by atoms with E-state index in [1.807, 2.05) is 48.5 Å². The van der Waals surface area contributed by atoms with Crippen LogP contribution in [0.3, 0.4) is 0 Å². The Hall–Kier alpha value is -2.70. The Balaban J connectivity index is 1.66. The van der Waals surface area contributed by atoms with Crippen LogP contribution in [0.1, 0.15) is 22.8 Å². The number of methoxy groups -OCH3 is 1. The molecular formula is C22H20N2O2S2. The molecule has 0 spiro atoms. The third kappa shape index (κ3) is 3.41. The molecule has 28 heavy (non-hydrogen) atoms. The second-order valence-electron chi connectivity index (χ2n) is 6.69. The number of fused-ring (bicyclic) bond motifs is 1. The average Bonchev–Trinajstić information content (AvgIpc) is 3.28. The van der Waals surface area contributed by atoms with Crippen LogP contribution in [0.2, 0.25) is 0 Å². The highest BCUT2D eigenvalue weighted by molar-refractivity contribution is 7.80. The van der Waals surface area contributed by atoms with Gasteiger partial charge in [0.05, 0.1) is 12.7 Å². The number of anilines is 2. The minimum absolute atomic E-state index is 0.257. The van der Waals surface area contributed by atoms with Gasteiger partial charge in [-0.05, 0) is 48.8 Å². The zero-order valence-corrected chi connectivity index (χ0v) is 17.3. The lowest BCUT2D eigenvalue weighted by Gasteiger charge is -2.25. The third-order valence-electron chi connectivity index (χ3n) is 4.84. The van der Waals surface area contributed by atoms with E-state index in [1.165, 1.54) is 24.0 Å². The quantitative estimate of drug-likeness (QED) is 0.467. The van der Waals surface area contributed by atoms with Crippen LogP contribution in [-0.2, 0) is 11.2 Å². The lowest BCUT2D eigenvalue weighted by Crippen LogP contribution is -2.38. The fourth-order valence-corrected chi connectivity index (χ4v) is 5.02. The van der Waals surface area contributed by atoms with Gasteiger partial charge in [-0.25, -0.2) is 4.79 Å². The van der Waals surface area contributed by atoms with E-state index >= 15 is 0 Å². The number of esters is 1. The van der Waals surface area contributed by atoms with Gasteiger partial charge < -0.3 is 15.0 Å². The highest BCUT2D eigenvalue weighted by atomic mass is 32.1. The van der Waals surface area contributed by atoms with Gasteiger partial charge >= 0.3 is 5.97 Å². The number of benzene rings is 2. The molecule has 6 heteroatoms. The van der Waals surface area contributed by atoms with Crippen LogP contribution in [0.5, 0.6) is 0 Å². The van der Waals surface area contributed by atoms with Crippen LogP contribution in [0.4, 0.5) is 10.7 Å². The molecule has 4 rings (SSSR count). The van der Waals surface area contributed by atoms with Crippen molar-refractivity contribution in [2.45, 2.75) is 19.4 Å². The summed E-state index contributed by atoms with van der Waals surface area (Å²) in [6.07, 6.45) is 0.946. The highest BCUT2D eigenvalue weighted by Gasteiger charge is 2.29. The summed E-state index contributed by atoms with van der Waals surface area (Å²) < 4.78 is 4.98. The topological polar surface area (TPSA) is 41.6 Å². The van der Waals surface area contributed by atoms with Crippen molar-refractivity contribution in [3.05, 3.63) is 71.8 Å². The minimum atomic E-state index is -0.376. The molecule has 1 N–H and O–H groups in total. The third-order valence-corrected chi connectivity index (χ3v) is 6.24. The first kappa shape index (κ1) is 18.7. The van der Waals surface area contributed by atoms with Gasteiger partial charge in [-0.1, -0.05) is 48.5 Å². The van der Waals surface area contributed by atoms with Gasteiger partial charge in [-0.3, -0.25) is 0 Å². The van der Waals surface area contributed by atoms with Gasteiger partial charge in [-0.2, -0.15) is 0 Å². The summed E-state index contributed by atoms with van der Waals surface area (Å²) in [5, 5.41) is 4.59. The Morgan fingerprint density at radius 1 is 1.18 bits per heavy atom. The van der Waals surface area contributed by atoms with Crippen molar-refractivity contribution in [1.29, 1.82) is 0 Å². The van der Waals surface area contributed by atoms with E-state index < -0.39 is 0 Å². The predicted octanol–water partition coefficient (Wildman–Crippen LogP) is 5.35. The van der Waals surface area contributed by atoms with Crippen LogP contribution >= 0.6 is 23.6 Å². The largest absolute Gasteiger partial charge is 0.465 e.